The van der Waals surface area contributed by atoms with Gasteiger partial charge < -0.3 is 15.5 Å². The molecule has 0 spiro atoms. The van der Waals surface area contributed by atoms with Crippen molar-refractivity contribution in [3.63, 3.8) is 0 Å². The number of anilines is 1. The van der Waals surface area contributed by atoms with Gasteiger partial charge in [0, 0.05) is 44.0 Å². The Labute approximate surface area is 163 Å². The fourth-order valence-corrected chi connectivity index (χ4v) is 3.54. The van der Waals surface area contributed by atoms with Crippen LogP contribution in [0.3, 0.4) is 0 Å². The number of rotatable bonds is 6. The maximum absolute atomic E-state index is 13.2. The minimum absolute atomic E-state index is 0.0302. The SMILES string of the molecule is CC(C)N(CC(=O)Nc1ccc(F)cc1)C(=O)[C@H]1CNC[C@@H]1c1cnn(C)c1. The van der Waals surface area contributed by atoms with Gasteiger partial charge in [-0.1, -0.05) is 0 Å². The Kier molecular flexibility index (Phi) is 6.08. The second kappa shape index (κ2) is 8.52. The molecule has 3 rings (SSSR count). The molecule has 1 saturated heterocycles. The van der Waals surface area contributed by atoms with Gasteiger partial charge in [-0.3, -0.25) is 14.3 Å². The molecule has 1 aromatic carbocycles. The van der Waals surface area contributed by atoms with Gasteiger partial charge in [0.1, 0.15) is 12.4 Å². The lowest BCUT2D eigenvalue weighted by Crippen LogP contribution is -2.46. The number of nitrogens with one attached hydrogen (secondary N) is 2. The number of amides is 2. The van der Waals surface area contributed by atoms with E-state index >= 15 is 0 Å². The smallest absolute Gasteiger partial charge is 0.244 e. The van der Waals surface area contributed by atoms with Gasteiger partial charge in [-0.15, -0.1) is 0 Å². The number of nitrogens with zero attached hydrogens (tertiary/aromatic N) is 3. The van der Waals surface area contributed by atoms with Gasteiger partial charge in [0.05, 0.1) is 12.1 Å². The largest absolute Gasteiger partial charge is 0.331 e. The van der Waals surface area contributed by atoms with Gasteiger partial charge >= 0.3 is 0 Å². The summed E-state index contributed by atoms with van der Waals surface area (Å²) in [6.45, 7) is 5.01. The summed E-state index contributed by atoms with van der Waals surface area (Å²) >= 11 is 0. The lowest BCUT2D eigenvalue weighted by atomic mass is 9.89. The molecule has 2 atom stereocenters. The molecule has 1 fully saturated rings. The molecule has 2 aromatic rings. The fraction of sp³-hybridized carbons (Fsp3) is 0.450. The van der Waals surface area contributed by atoms with Gasteiger partial charge in [-0.05, 0) is 43.7 Å². The highest BCUT2D eigenvalue weighted by Crippen LogP contribution is 2.29. The molecule has 0 aliphatic carbocycles. The summed E-state index contributed by atoms with van der Waals surface area (Å²) in [5, 5.41) is 10.2. The van der Waals surface area contributed by atoms with Gasteiger partial charge in [0.15, 0.2) is 0 Å². The molecule has 2 N–H and O–H groups in total. The molecule has 150 valence electrons. The Hall–Kier alpha value is -2.74. The maximum atomic E-state index is 13.2. The summed E-state index contributed by atoms with van der Waals surface area (Å²) in [4.78, 5) is 27.3. The molecule has 0 saturated carbocycles. The average molecular weight is 387 g/mol. The Morgan fingerprint density at radius 1 is 1.32 bits per heavy atom. The molecule has 2 heterocycles. The zero-order valence-electron chi connectivity index (χ0n) is 16.4. The minimum atomic E-state index is -0.368. The standard InChI is InChI=1S/C20H26FN5O2/c1-13(2)26(12-19(27)24-16-6-4-15(21)5-7-16)20(28)18-10-22-9-17(18)14-8-23-25(3)11-14/h4-8,11,13,17-18,22H,9-10,12H2,1-3H3,(H,24,27)/t17-,18+/m1/s1. The molecule has 1 aliphatic rings. The van der Waals surface area contributed by atoms with Crippen LogP contribution in [0.25, 0.3) is 0 Å². The molecule has 1 aliphatic heterocycles. The summed E-state index contributed by atoms with van der Waals surface area (Å²) in [6.07, 6.45) is 3.72. The molecule has 2 amide bonds. The van der Waals surface area contributed by atoms with Crippen LogP contribution in [0.15, 0.2) is 36.7 Å². The minimum Gasteiger partial charge on any atom is -0.331 e. The van der Waals surface area contributed by atoms with E-state index in [1.54, 1.807) is 15.8 Å². The zero-order chi connectivity index (χ0) is 20.3. The number of hydrogen-bond donors (Lipinski definition) is 2. The van der Waals surface area contributed by atoms with E-state index < -0.39 is 0 Å². The molecule has 0 radical (unpaired) electrons. The van der Waals surface area contributed by atoms with Gasteiger partial charge in [-0.25, -0.2) is 4.39 Å². The van der Waals surface area contributed by atoms with Crippen LogP contribution in [0.2, 0.25) is 0 Å². The van der Waals surface area contributed by atoms with Crippen LogP contribution in [-0.4, -0.2) is 52.2 Å². The van der Waals surface area contributed by atoms with Crippen molar-refractivity contribution in [1.82, 2.24) is 20.0 Å². The third kappa shape index (κ3) is 4.56. The van der Waals surface area contributed by atoms with Crippen molar-refractivity contribution in [2.45, 2.75) is 25.8 Å². The Morgan fingerprint density at radius 3 is 2.64 bits per heavy atom. The molecular weight excluding hydrogens is 361 g/mol. The number of halogens is 1. The Bertz CT molecular complexity index is 833. The highest BCUT2D eigenvalue weighted by molar-refractivity contribution is 5.95. The molecule has 0 bridgehead atoms. The summed E-state index contributed by atoms with van der Waals surface area (Å²) in [7, 11) is 1.85. The fourth-order valence-electron chi connectivity index (χ4n) is 3.54. The van der Waals surface area contributed by atoms with Crippen LogP contribution in [0.5, 0.6) is 0 Å². The van der Waals surface area contributed by atoms with Crippen molar-refractivity contribution in [1.29, 1.82) is 0 Å². The van der Waals surface area contributed by atoms with E-state index in [9.17, 15) is 14.0 Å². The zero-order valence-corrected chi connectivity index (χ0v) is 16.4. The summed E-state index contributed by atoms with van der Waals surface area (Å²) in [5.74, 6) is -0.944. The van der Waals surface area contributed by atoms with E-state index in [1.807, 2.05) is 27.1 Å². The highest BCUT2D eigenvalue weighted by Gasteiger charge is 2.38. The monoisotopic (exact) mass is 387 g/mol. The third-order valence-electron chi connectivity index (χ3n) is 5.03. The predicted octanol–water partition coefficient (Wildman–Crippen LogP) is 1.74. The van der Waals surface area contributed by atoms with E-state index in [0.717, 1.165) is 5.56 Å². The van der Waals surface area contributed by atoms with Gasteiger partial charge in [0.2, 0.25) is 11.8 Å². The van der Waals surface area contributed by atoms with E-state index in [-0.39, 0.29) is 42.1 Å². The van der Waals surface area contributed by atoms with E-state index in [4.69, 9.17) is 0 Å². The molecule has 0 unspecified atom stereocenters. The number of carbonyl (C=O) groups excluding carboxylic acids is 2. The van der Waals surface area contributed by atoms with E-state index in [2.05, 4.69) is 15.7 Å². The Morgan fingerprint density at radius 2 is 2.04 bits per heavy atom. The Balaban J connectivity index is 1.69. The summed E-state index contributed by atoms with van der Waals surface area (Å²) in [5.41, 5.74) is 1.52. The number of aryl methyl sites for hydroxylation is 1. The topological polar surface area (TPSA) is 79.3 Å². The first-order valence-electron chi connectivity index (χ1n) is 9.40. The van der Waals surface area contributed by atoms with Crippen LogP contribution >= 0.6 is 0 Å². The second-order valence-corrected chi connectivity index (χ2v) is 7.43. The molecule has 28 heavy (non-hydrogen) atoms. The maximum Gasteiger partial charge on any atom is 0.244 e. The second-order valence-electron chi connectivity index (χ2n) is 7.43. The van der Waals surface area contributed by atoms with Crippen LogP contribution in [0.4, 0.5) is 10.1 Å². The number of aromatic nitrogens is 2. The van der Waals surface area contributed by atoms with Crippen molar-refractivity contribution < 1.29 is 14.0 Å². The van der Waals surface area contributed by atoms with Crippen LogP contribution in [0.1, 0.15) is 25.3 Å². The van der Waals surface area contributed by atoms with Gasteiger partial charge in [-0.2, -0.15) is 5.10 Å². The summed E-state index contributed by atoms with van der Waals surface area (Å²) < 4.78 is 14.7. The van der Waals surface area contributed by atoms with E-state index in [0.29, 0.717) is 18.8 Å². The normalized spacial score (nSPS) is 19.0. The van der Waals surface area contributed by atoms with Crippen LogP contribution in [0, 0.1) is 11.7 Å². The number of hydrogen-bond acceptors (Lipinski definition) is 4. The molecule has 8 heteroatoms. The van der Waals surface area contributed by atoms with Crippen molar-refractivity contribution >= 4 is 17.5 Å². The lowest BCUT2D eigenvalue weighted by Gasteiger charge is -2.30. The summed E-state index contributed by atoms with van der Waals surface area (Å²) in [6, 6.07) is 5.43. The van der Waals surface area contributed by atoms with Crippen molar-refractivity contribution in [2.24, 2.45) is 13.0 Å². The van der Waals surface area contributed by atoms with Gasteiger partial charge in [0.25, 0.3) is 0 Å². The number of benzene rings is 1. The molecular formula is C20H26FN5O2. The first-order chi connectivity index (χ1) is 13.3. The molecule has 7 nitrogen and oxygen atoms in total. The quantitative estimate of drug-likeness (QED) is 0.791. The van der Waals surface area contributed by atoms with Crippen molar-refractivity contribution in [3.8, 4) is 0 Å². The van der Waals surface area contributed by atoms with Crippen LogP contribution in [-0.2, 0) is 16.6 Å². The third-order valence-corrected chi connectivity index (χ3v) is 5.03. The van der Waals surface area contributed by atoms with Crippen molar-refractivity contribution in [3.05, 3.63) is 48.0 Å². The lowest BCUT2D eigenvalue weighted by molar-refractivity contribution is -0.140. The predicted molar refractivity (Wildman–Crippen MR) is 104 cm³/mol. The van der Waals surface area contributed by atoms with Crippen LogP contribution < -0.4 is 10.6 Å². The first kappa shape index (κ1) is 20.0. The average Bonchev–Trinajstić information content (AvgIpc) is 3.29. The van der Waals surface area contributed by atoms with E-state index in [1.165, 1.54) is 24.3 Å². The molecule has 1 aromatic heterocycles. The highest BCUT2D eigenvalue weighted by atomic mass is 19.1. The number of carbonyl (C=O) groups is 2. The van der Waals surface area contributed by atoms with Crippen molar-refractivity contribution in [2.75, 3.05) is 25.0 Å². The first-order valence-corrected chi connectivity index (χ1v) is 9.40.